The second-order valence-electron chi connectivity index (χ2n) is 3.70. The van der Waals surface area contributed by atoms with Crippen molar-refractivity contribution in [1.82, 2.24) is 4.98 Å². The van der Waals surface area contributed by atoms with E-state index < -0.39 is 0 Å². The van der Waals surface area contributed by atoms with Gasteiger partial charge in [-0.3, -0.25) is 0 Å². The van der Waals surface area contributed by atoms with Gasteiger partial charge < -0.3 is 11.1 Å². The number of nitrogens with two attached hydrogens (primary N) is 1. The Bertz CT molecular complexity index is 466. The zero-order chi connectivity index (χ0) is 11.4. The van der Waals surface area contributed by atoms with E-state index in [1.165, 1.54) is 5.56 Å². The van der Waals surface area contributed by atoms with Gasteiger partial charge in [-0.15, -0.1) is 0 Å². The Morgan fingerprint density at radius 3 is 2.81 bits per heavy atom. The molecule has 3 heteroatoms. The van der Waals surface area contributed by atoms with Gasteiger partial charge in [0.25, 0.3) is 0 Å². The third-order valence-electron chi connectivity index (χ3n) is 2.61. The maximum Gasteiger partial charge on any atom is 0.126 e. The highest BCUT2D eigenvalue weighted by atomic mass is 15.0. The maximum absolute atomic E-state index is 5.85. The van der Waals surface area contributed by atoms with Gasteiger partial charge in [-0.1, -0.05) is 18.2 Å². The van der Waals surface area contributed by atoms with Crippen LogP contribution in [0.2, 0.25) is 0 Å². The third-order valence-corrected chi connectivity index (χ3v) is 2.61. The molecule has 2 aromatic rings. The van der Waals surface area contributed by atoms with E-state index in [2.05, 4.69) is 16.4 Å². The summed E-state index contributed by atoms with van der Waals surface area (Å²) in [5.41, 5.74) is 9.01. The Kier molecular flexibility index (Phi) is 3.05. The molecule has 0 saturated heterocycles. The predicted molar refractivity (Wildman–Crippen MR) is 67.2 cm³/mol. The minimum atomic E-state index is 0.744. The summed E-state index contributed by atoms with van der Waals surface area (Å²) in [4.78, 5) is 4.20. The van der Waals surface area contributed by atoms with Crippen LogP contribution in [0.3, 0.4) is 0 Å². The number of benzene rings is 1. The Hall–Kier alpha value is -2.03. The second kappa shape index (κ2) is 4.66. The lowest BCUT2D eigenvalue weighted by Crippen LogP contribution is -2.04. The third kappa shape index (κ3) is 2.31. The number of hydrogen-bond donors (Lipinski definition) is 2. The molecular weight excluding hydrogens is 198 g/mol. The number of nitrogens with zero attached hydrogens (tertiary/aromatic N) is 1. The number of anilines is 2. The highest BCUT2D eigenvalue weighted by molar-refractivity contribution is 5.51. The molecule has 1 aromatic heterocycles. The summed E-state index contributed by atoms with van der Waals surface area (Å²) in [6, 6.07) is 11.8. The summed E-state index contributed by atoms with van der Waals surface area (Å²) in [5, 5.41) is 3.26. The number of nitrogen functional groups attached to an aromatic ring is 1. The Balaban J connectivity index is 2.08. The second-order valence-corrected chi connectivity index (χ2v) is 3.70. The lowest BCUT2D eigenvalue weighted by molar-refractivity contribution is 1.09. The average Bonchev–Trinajstić information content (AvgIpc) is 2.32. The van der Waals surface area contributed by atoms with Crippen LogP contribution >= 0.6 is 0 Å². The van der Waals surface area contributed by atoms with Gasteiger partial charge in [-0.25, -0.2) is 4.98 Å². The van der Waals surface area contributed by atoms with Crippen molar-refractivity contribution in [2.45, 2.75) is 13.5 Å². The molecule has 2 rings (SSSR count). The van der Waals surface area contributed by atoms with Crippen molar-refractivity contribution in [3.05, 3.63) is 53.7 Å². The minimum absolute atomic E-state index is 0.744. The summed E-state index contributed by atoms with van der Waals surface area (Å²) >= 11 is 0. The van der Waals surface area contributed by atoms with Crippen molar-refractivity contribution in [2.24, 2.45) is 0 Å². The number of nitrogens with one attached hydrogen (secondary N) is 1. The van der Waals surface area contributed by atoms with Gasteiger partial charge in [0.15, 0.2) is 0 Å². The fraction of sp³-hybridized carbons (Fsp3) is 0.154. The fourth-order valence-corrected chi connectivity index (χ4v) is 1.55. The molecule has 3 N–H and O–H groups in total. The molecule has 0 fully saturated rings. The maximum atomic E-state index is 5.85. The van der Waals surface area contributed by atoms with Crippen LogP contribution in [-0.4, -0.2) is 4.98 Å². The van der Waals surface area contributed by atoms with Crippen molar-refractivity contribution >= 4 is 11.5 Å². The number of hydrogen-bond acceptors (Lipinski definition) is 3. The quantitative estimate of drug-likeness (QED) is 0.770. The Morgan fingerprint density at radius 1 is 1.19 bits per heavy atom. The molecule has 3 nitrogen and oxygen atoms in total. The van der Waals surface area contributed by atoms with Crippen LogP contribution in [0.25, 0.3) is 0 Å². The number of rotatable bonds is 3. The van der Waals surface area contributed by atoms with Crippen molar-refractivity contribution < 1.29 is 0 Å². The molecule has 0 amide bonds. The lowest BCUT2D eigenvalue weighted by Gasteiger charge is -2.09. The van der Waals surface area contributed by atoms with Crippen LogP contribution in [0, 0.1) is 6.92 Å². The van der Waals surface area contributed by atoms with Gasteiger partial charge in [0.1, 0.15) is 5.82 Å². The van der Waals surface area contributed by atoms with Crippen molar-refractivity contribution in [3.63, 3.8) is 0 Å². The molecule has 0 aliphatic carbocycles. The van der Waals surface area contributed by atoms with E-state index in [-0.39, 0.29) is 0 Å². The first-order valence-electron chi connectivity index (χ1n) is 5.26. The van der Waals surface area contributed by atoms with E-state index in [4.69, 9.17) is 5.73 Å². The molecule has 0 aliphatic heterocycles. The van der Waals surface area contributed by atoms with E-state index in [0.29, 0.717) is 0 Å². The standard InChI is InChI=1S/C13H15N3/c1-10-11(5-4-6-12(10)14)9-16-13-7-2-3-8-15-13/h2-8H,9,14H2,1H3,(H,15,16). The molecule has 1 heterocycles. The lowest BCUT2D eigenvalue weighted by atomic mass is 10.1. The first-order chi connectivity index (χ1) is 7.77. The average molecular weight is 213 g/mol. The van der Waals surface area contributed by atoms with Crippen molar-refractivity contribution in [2.75, 3.05) is 11.1 Å². The Labute approximate surface area is 95.3 Å². The zero-order valence-electron chi connectivity index (χ0n) is 9.27. The summed E-state index contributed by atoms with van der Waals surface area (Å²) in [7, 11) is 0. The molecule has 0 aliphatic rings. The molecule has 0 radical (unpaired) electrons. The van der Waals surface area contributed by atoms with Crippen LogP contribution in [0.15, 0.2) is 42.6 Å². The van der Waals surface area contributed by atoms with E-state index in [9.17, 15) is 0 Å². The summed E-state index contributed by atoms with van der Waals surface area (Å²) in [5.74, 6) is 0.879. The Morgan fingerprint density at radius 2 is 2.06 bits per heavy atom. The summed E-state index contributed by atoms with van der Waals surface area (Å²) < 4.78 is 0. The van der Waals surface area contributed by atoms with Crippen molar-refractivity contribution in [1.29, 1.82) is 0 Å². The summed E-state index contributed by atoms with van der Waals surface area (Å²) in [6.07, 6.45) is 1.77. The highest BCUT2D eigenvalue weighted by Gasteiger charge is 2.00. The topological polar surface area (TPSA) is 50.9 Å². The molecule has 0 spiro atoms. The largest absolute Gasteiger partial charge is 0.399 e. The first-order valence-corrected chi connectivity index (χ1v) is 5.26. The first kappa shape index (κ1) is 10.5. The molecule has 16 heavy (non-hydrogen) atoms. The number of aromatic nitrogens is 1. The zero-order valence-corrected chi connectivity index (χ0v) is 9.27. The molecular formula is C13H15N3. The van der Waals surface area contributed by atoms with Gasteiger partial charge in [0.05, 0.1) is 0 Å². The smallest absolute Gasteiger partial charge is 0.126 e. The molecule has 0 saturated carbocycles. The van der Waals surface area contributed by atoms with E-state index in [1.54, 1.807) is 6.20 Å². The highest BCUT2D eigenvalue weighted by Crippen LogP contribution is 2.16. The van der Waals surface area contributed by atoms with Crippen LogP contribution in [0.4, 0.5) is 11.5 Å². The van der Waals surface area contributed by atoms with Gasteiger partial charge in [0, 0.05) is 18.4 Å². The fourth-order valence-electron chi connectivity index (χ4n) is 1.55. The van der Waals surface area contributed by atoms with Crippen LogP contribution in [-0.2, 0) is 6.54 Å². The molecule has 0 unspecified atom stereocenters. The van der Waals surface area contributed by atoms with E-state index >= 15 is 0 Å². The van der Waals surface area contributed by atoms with Crippen LogP contribution < -0.4 is 11.1 Å². The summed E-state index contributed by atoms with van der Waals surface area (Å²) in [6.45, 7) is 2.78. The van der Waals surface area contributed by atoms with Gasteiger partial charge in [-0.05, 0) is 36.2 Å². The van der Waals surface area contributed by atoms with Gasteiger partial charge in [-0.2, -0.15) is 0 Å². The van der Waals surface area contributed by atoms with Gasteiger partial charge >= 0.3 is 0 Å². The van der Waals surface area contributed by atoms with Crippen LogP contribution in [0.1, 0.15) is 11.1 Å². The predicted octanol–water partition coefficient (Wildman–Crippen LogP) is 2.58. The van der Waals surface area contributed by atoms with E-state index in [0.717, 1.165) is 23.6 Å². The molecule has 0 atom stereocenters. The monoisotopic (exact) mass is 213 g/mol. The number of pyridine rings is 1. The molecule has 1 aromatic carbocycles. The molecule has 82 valence electrons. The SMILES string of the molecule is Cc1c(N)cccc1CNc1ccccn1. The minimum Gasteiger partial charge on any atom is -0.399 e. The van der Waals surface area contributed by atoms with Crippen molar-refractivity contribution in [3.8, 4) is 0 Å². The van der Waals surface area contributed by atoms with E-state index in [1.807, 2.05) is 37.3 Å². The normalized spacial score (nSPS) is 10.1. The van der Waals surface area contributed by atoms with Gasteiger partial charge in [0.2, 0.25) is 0 Å². The molecule has 0 bridgehead atoms. The van der Waals surface area contributed by atoms with Crippen LogP contribution in [0.5, 0.6) is 0 Å².